The lowest BCUT2D eigenvalue weighted by Gasteiger charge is -2.34. The summed E-state index contributed by atoms with van der Waals surface area (Å²) in [5, 5.41) is 11.5. The number of carbonyl (C=O) groups excluding carboxylic acids is 2. The lowest BCUT2D eigenvalue weighted by atomic mass is 9.99. The van der Waals surface area contributed by atoms with E-state index in [2.05, 4.69) is 15.6 Å². The van der Waals surface area contributed by atoms with Gasteiger partial charge in [0.1, 0.15) is 23.9 Å². The van der Waals surface area contributed by atoms with Crippen molar-refractivity contribution in [1.82, 2.24) is 20.3 Å². The van der Waals surface area contributed by atoms with Gasteiger partial charge in [0.15, 0.2) is 0 Å². The Balaban J connectivity index is 1.84. The molecule has 4 rings (SSSR count). The number of aryl methyl sites for hydroxylation is 2. The Hall–Kier alpha value is -4.20. The van der Waals surface area contributed by atoms with E-state index in [1.165, 1.54) is 0 Å². The number of amides is 2. The van der Waals surface area contributed by atoms with Crippen LogP contribution in [0.1, 0.15) is 50.4 Å². The van der Waals surface area contributed by atoms with Crippen LogP contribution in [-0.4, -0.2) is 39.0 Å². The van der Waals surface area contributed by atoms with Crippen molar-refractivity contribution in [3.63, 3.8) is 0 Å². The molecule has 0 bridgehead atoms. The Kier molecular flexibility index (Phi) is 7.80. The van der Waals surface area contributed by atoms with Crippen LogP contribution in [0, 0.1) is 13.8 Å². The van der Waals surface area contributed by atoms with E-state index in [1.807, 2.05) is 108 Å². The second kappa shape index (κ2) is 11.0. The lowest BCUT2D eigenvalue weighted by molar-refractivity contribution is -0.128. The van der Waals surface area contributed by atoms with Gasteiger partial charge in [0.05, 0.1) is 12.1 Å². The maximum atomic E-state index is 14.2. The van der Waals surface area contributed by atoms with Gasteiger partial charge in [-0.05, 0) is 83.0 Å². The number of anilines is 1. The van der Waals surface area contributed by atoms with E-state index in [9.17, 15) is 9.59 Å². The van der Waals surface area contributed by atoms with Crippen LogP contribution < -0.4 is 15.0 Å². The van der Waals surface area contributed by atoms with Crippen LogP contribution in [0.2, 0.25) is 0 Å². The van der Waals surface area contributed by atoms with Gasteiger partial charge in [-0.1, -0.05) is 47.2 Å². The summed E-state index contributed by atoms with van der Waals surface area (Å²) in [4.78, 5) is 29.7. The fraction of sp³-hybridized carbons (Fsp3) is 0.333. The van der Waals surface area contributed by atoms with Gasteiger partial charge in [-0.2, -0.15) is 0 Å². The first-order valence-electron chi connectivity index (χ1n) is 12.8. The highest BCUT2D eigenvalue weighted by molar-refractivity contribution is 6.02. The van der Waals surface area contributed by atoms with Crippen molar-refractivity contribution in [2.75, 3.05) is 11.5 Å². The minimum absolute atomic E-state index is 0.0792. The number of hydrogen-bond donors (Lipinski definition) is 1. The zero-order valence-corrected chi connectivity index (χ0v) is 22.9. The standard InChI is InChI=1S/C30H35N5O3/c1-7-38-23-15-13-22(14-16-23)28(29(37)31-30(4,5)6)35(25-17-12-20(2)18-21(25)3)27(36)19-34-26-11-9-8-10-24(26)32-33-34/h8-18,28H,7,19H2,1-6H3,(H,31,37). The summed E-state index contributed by atoms with van der Waals surface area (Å²) in [5.74, 6) is 0.138. The summed E-state index contributed by atoms with van der Waals surface area (Å²) < 4.78 is 7.19. The molecule has 8 nitrogen and oxygen atoms in total. The summed E-state index contributed by atoms with van der Waals surface area (Å²) in [7, 11) is 0. The number of nitrogens with one attached hydrogen (secondary N) is 1. The number of rotatable bonds is 8. The molecule has 3 aromatic carbocycles. The zero-order valence-electron chi connectivity index (χ0n) is 22.9. The van der Waals surface area contributed by atoms with E-state index in [0.717, 1.165) is 16.6 Å². The molecule has 1 aromatic heterocycles. The summed E-state index contributed by atoms with van der Waals surface area (Å²) in [6, 6.07) is 19.8. The molecular formula is C30H35N5O3. The fourth-order valence-electron chi connectivity index (χ4n) is 4.50. The number of ether oxygens (including phenoxy) is 1. The van der Waals surface area contributed by atoms with Crippen LogP contribution in [-0.2, 0) is 16.1 Å². The van der Waals surface area contributed by atoms with Crippen LogP contribution in [0.5, 0.6) is 5.75 Å². The molecule has 1 heterocycles. The number of fused-ring (bicyclic) bond motifs is 1. The van der Waals surface area contributed by atoms with Crippen LogP contribution in [0.4, 0.5) is 5.69 Å². The lowest BCUT2D eigenvalue weighted by Crippen LogP contribution is -2.50. The number of carbonyl (C=O) groups is 2. The second-order valence-corrected chi connectivity index (χ2v) is 10.4. The van der Waals surface area contributed by atoms with Gasteiger partial charge < -0.3 is 10.1 Å². The molecule has 0 radical (unpaired) electrons. The molecule has 0 saturated heterocycles. The van der Waals surface area contributed by atoms with E-state index in [4.69, 9.17) is 4.74 Å². The van der Waals surface area contributed by atoms with Gasteiger partial charge in [0, 0.05) is 11.2 Å². The van der Waals surface area contributed by atoms with Crippen molar-refractivity contribution in [3.8, 4) is 5.75 Å². The summed E-state index contributed by atoms with van der Waals surface area (Å²) in [6.45, 7) is 12.1. The fourth-order valence-corrected chi connectivity index (χ4v) is 4.50. The molecule has 0 fully saturated rings. The minimum atomic E-state index is -0.923. The van der Waals surface area contributed by atoms with Gasteiger partial charge in [-0.25, -0.2) is 4.68 Å². The summed E-state index contributed by atoms with van der Waals surface area (Å²) in [5.41, 5.74) is 4.24. The van der Waals surface area contributed by atoms with E-state index in [-0.39, 0.29) is 18.4 Å². The van der Waals surface area contributed by atoms with Gasteiger partial charge in [0.25, 0.3) is 0 Å². The summed E-state index contributed by atoms with van der Waals surface area (Å²) >= 11 is 0. The van der Waals surface area contributed by atoms with E-state index in [0.29, 0.717) is 29.1 Å². The third-order valence-corrected chi connectivity index (χ3v) is 6.10. The third-order valence-electron chi connectivity index (χ3n) is 6.10. The zero-order chi connectivity index (χ0) is 27.4. The second-order valence-electron chi connectivity index (χ2n) is 10.4. The average molecular weight is 514 g/mol. The van der Waals surface area contributed by atoms with Gasteiger partial charge in [-0.3, -0.25) is 14.5 Å². The van der Waals surface area contributed by atoms with E-state index >= 15 is 0 Å². The predicted molar refractivity (Wildman–Crippen MR) is 149 cm³/mol. The quantitative estimate of drug-likeness (QED) is 0.353. The third kappa shape index (κ3) is 6.02. The van der Waals surface area contributed by atoms with Crippen molar-refractivity contribution < 1.29 is 14.3 Å². The van der Waals surface area contributed by atoms with E-state index < -0.39 is 11.6 Å². The number of benzene rings is 3. The maximum Gasteiger partial charge on any atom is 0.249 e. The van der Waals surface area contributed by atoms with Crippen molar-refractivity contribution in [1.29, 1.82) is 0 Å². The number of para-hydroxylation sites is 1. The van der Waals surface area contributed by atoms with Gasteiger partial charge in [0.2, 0.25) is 11.8 Å². The first kappa shape index (κ1) is 26.9. The highest BCUT2D eigenvalue weighted by Gasteiger charge is 2.35. The topological polar surface area (TPSA) is 89.4 Å². The molecule has 0 aliphatic carbocycles. The Morgan fingerprint density at radius 1 is 1.03 bits per heavy atom. The van der Waals surface area contributed by atoms with Crippen LogP contribution in [0.3, 0.4) is 0 Å². The number of aromatic nitrogens is 3. The highest BCUT2D eigenvalue weighted by atomic mass is 16.5. The van der Waals surface area contributed by atoms with Crippen molar-refractivity contribution in [2.24, 2.45) is 0 Å². The molecule has 1 unspecified atom stereocenters. The van der Waals surface area contributed by atoms with E-state index in [1.54, 1.807) is 9.58 Å². The first-order valence-corrected chi connectivity index (χ1v) is 12.8. The Bertz CT molecular complexity index is 1440. The maximum absolute atomic E-state index is 14.2. The Labute approximate surface area is 223 Å². The number of hydrogen-bond acceptors (Lipinski definition) is 5. The minimum Gasteiger partial charge on any atom is -0.494 e. The molecular weight excluding hydrogens is 478 g/mol. The monoisotopic (exact) mass is 513 g/mol. The molecule has 2 amide bonds. The Morgan fingerprint density at radius 2 is 1.74 bits per heavy atom. The number of nitrogens with zero attached hydrogens (tertiary/aromatic N) is 4. The normalized spacial score (nSPS) is 12.3. The molecule has 38 heavy (non-hydrogen) atoms. The highest BCUT2D eigenvalue weighted by Crippen LogP contribution is 2.33. The van der Waals surface area contributed by atoms with Crippen molar-refractivity contribution in [2.45, 2.75) is 59.7 Å². The predicted octanol–water partition coefficient (Wildman–Crippen LogP) is 5.14. The van der Waals surface area contributed by atoms with Crippen LogP contribution >= 0.6 is 0 Å². The van der Waals surface area contributed by atoms with Crippen molar-refractivity contribution >= 4 is 28.5 Å². The molecule has 8 heteroatoms. The van der Waals surface area contributed by atoms with Gasteiger partial charge >= 0.3 is 0 Å². The molecule has 0 saturated carbocycles. The van der Waals surface area contributed by atoms with Crippen molar-refractivity contribution in [3.05, 3.63) is 83.4 Å². The Morgan fingerprint density at radius 3 is 2.39 bits per heavy atom. The SMILES string of the molecule is CCOc1ccc(C(C(=O)NC(C)(C)C)N(C(=O)Cn2nnc3ccccc32)c2ccc(C)cc2C)cc1. The molecule has 1 atom stereocenters. The van der Waals surface area contributed by atoms with Crippen LogP contribution in [0.15, 0.2) is 66.7 Å². The first-order chi connectivity index (χ1) is 18.1. The van der Waals surface area contributed by atoms with Gasteiger partial charge in [-0.15, -0.1) is 5.10 Å². The molecule has 1 N–H and O–H groups in total. The molecule has 0 aliphatic heterocycles. The molecule has 198 valence electrons. The largest absolute Gasteiger partial charge is 0.494 e. The smallest absolute Gasteiger partial charge is 0.249 e. The summed E-state index contributed by atoms with van der Waals surface area (Å²) in [6.07, 6.45) is 0. The molecule has 0 aliphatic rings. The average Bonchev–Trinajstić information content (AvgIpc) is 3.25. The molecule has 0 spiro atoms. The van der Waals surface area contributed by atoms with Crippen LogP contribution in [0.25, 0.3) is 11.0 Å². The molecule has 4 aromatic rings.